The van der Waals surface area contributed by atoms with E-state index in [-0.39, 0.29) is 11.9 Å². The van der Waals surface area contributed by atoms with Crippen LogP contribution in [0.3, 0.4) is 0 Å². The first-order valence-corrected chi connectivity index (χ1v) is 9.02. The quantitative estimate of drug-likeness (QED) is 0.644. The van der Waals surface area contributed by atoms with Crippen molar-refractivity contribution in [2.75, 3.05) is 4.90 Å². The maximum atomic E-state index is 13.0. The zero-order chi connectivity index (χ0) is 16.7. The Bertz CT molecular complexity index is 904. The third kappa shape index (κ3) is 2.62. The lowest BCUT2D eigenvalue weighted by molar-refractivity contribution is 0.0977. The number of amides is 1. The van der Waals surface area contributed by atoms with Crippen molar-refractivity contribution in [2.24, 2.45) is 0 Å². The lowest BCUT2D eigenvalue weighted by Crippen LogP contribution is -2.35. The van der Waals surface area contributed by atoms with Crippen molar-refractivity contribution in [3.05, 3.63) is 70.2 Å². The highest BCUT2D eigenvalue weighted by atomic mass is 35.5. The lowest BCUT2D eigenvalue weighted by atomic mass is 10.1. The number of nitrogens with zero attached hydrogens (tertiary/aromatic N) is 2. The van der Waals surface area contributed by atoms with Crippen LogP contribution in [0.15, 0.2) is 53.9 Å². The number of para-hydroxylation sites is 1. The first-order chi connectivity index (χ1) is 11.6. The number of aromatic nitrogens is 1. The molecule has 0 bridgehead atoms. The van der Waals surface area contributed by atoms with Crippen LogP contribution in [-0.2, 0) is 6.42 Å². The van der Waals surface area contributed by atoms with E-state index in [0.717, 1.165) is 22.7 Å². The predicted octanol–water partition coefficient (Wildman–Crippen LogP) is 5.05. The lowest BCUT2D eigenvalue weighted by Gasteiger charge is -2.21. The summed E-state index contributed by atoms with van der Waals surface area (Å²) in [7, 11) is 0. The van der Waals surface area contributed by atoms with Crippen molar-refractivity contribution in [1.82, 2.24) is 4.98 Å². The molecular weight excluding hydrogens is 340 g/mol. The summed E-state index contributed by atoms with van der Waals surface area (Å²) in [6.45, 7) is 2.07. The molecule has 4 rings (SSSR count). The van der Waals surface area contributed by atoms with Crippen molar-refractivity contribution < 1.29 is 4.79 Å². The Morgan fingerprint density at radius 3 is 2.75 bits per heavy atom. The van der Waals surface area contributed by atoms with Crippen LogP contribution in [0, 0.1) is 0 Å². The van der Waals surface area contributed by atoms with Crippen molar-refractivity contribution >= 4 is 34.5 Å². The average Bonchev–Trinajstić information content (AvgIpc) is 3.19. The Morgan fingerprint density at radius 1 is 1.21 bits per heavy atom. The minimum atomic E-state index is -0.0380. The molecule has 0 spiro atoms. The Labute approximate surface area is 149 Å². The van der Waals surface area contributed by atoms with Crippen molar-refractivity contribution in [3.63, 3.8) is 0 Å². The summed E-state index contributed by atoms with van der Waals surface area (Å²) in [6, 6.07) is 15.7. The average molecular weight is 355 g/mol. The predicted molar refractivity (Wildman–Crippen MR) is 99.0 cm³/mol. The van der Waals surface area contributed by atoms with Gasteiger partial charge in [-0.05, 0) is 37.1 Å². The summed E-state index contributed by atoms with van der Waals surface area (Å²) in [5, 5.41) is 3.35. The van der Waals surface area contributed by atoms with Crippen molar-refractivity contribution in [1.29, 1.82) is 0 Å². The van der Waals surface area contributed by atoms with Gasteiger partial charge in [-0.2, -0.15) is 0 Å². The molecule has 0 N–H and O–H groups in total. The minimum absolute atomic E-state index is 0.0380. The third-order valence-electron chi connectivity index (χ3n) is 4.24. The van der Waals surface area contributed by atoms with Gasteiger partial charge in [-0.25, -0.2) is 4.98 Å². The first-order valence-electron chi connectivity index (χ1n) is 7.76. The molecule has 1 aromatic heterocycles. The molecular formula is C19H15ClN2OS. The topological polar surface area (TPSA) is 33.2 Å². The van der Waals surface area contributed by atoms with Gasteiger partial charge in [-0.1, -0.05) is 41.9 Å². The minimum Gasteiger partial charge on any atom is -0.304 e. The second-order valence-corrected chi connectivity index (χ2v) is 7.20. The van der Waals surface area contributed by atoms with Crippen LogP contribution in [0.1, 0.15) is 23.0 Å². The van der Waals surface area contributed by atoms with Gasteiger partial charge >= 0.3 is 0 Å². The van der Waals surface area contributed by atoms with Crippen LogP contribution >= 0.6 is 22.9 Å². The molecule has 3 aromatic rings. The molecule has 5 heteroatoms. The van der Waals surface area contributed by atoms with Gasteiger partial charge in [-0.15, -0.1) is 11.3 Å². The second-order valence-electron chi connectivity index (χ2n) is 5.90. The van der Waals surface area contributed by atoms with Crippen LogP contribution < -0.4 is 4.90 Å². The number of fused-ring (bicyclic) bond motifs is 1. The van der Waals surface area contributed by atoms with E-state index in [9.17, 15) is 4.79 Å². The Kier molecular flexibility index (Phi) is 3.87. The number of carbonyl (C=O) groups is 1. The van der Waals surface area contributed by atoms with Crippen LogP contribution in [0.5, 0.6) is 0 Å². The Balaban J connectivity index is 1.65. The summed E-state index contributed by atoms with van der Waals surface area (Å²) < 4.78 is 0. The van der Waals surface area contributed by atoms with Crippen molar-refractivity contribution in [3.8, 4) is 10.6 Å². The van der Waals surface area contributed by atoms with Gasteiger partial charge in [-0.3, -0.25) is 4.79 Å². The van der Waals surface area contributed by atoms with E-state index in [1.54, 1.807) is 0 Å². The molecule has 1 amide bonds. The Morgan fingerprint density at radius 2 is 1.96 bits per heavy atom. The second kappa shape index (κ2) is 6.04. The van der Waals surface area contributed by atoms with Crippen LogP contribution in [0.4, 0.5) is 5.69 Å². The number of carbonyl (C=O) groups excluding carboxylic acids is 1. The van der Waals surface area contributed by atoms with Crippen LogP contribution in [0.25, 0.3) is 10.6 Å². The van der Waals surface area contributed by atoms with E-state index in [0.29, 0.717) is 10.7 Å². The van der Waals surface area contributed by atoms with Gasteiger partial charge in [0.2, 0.25) is 0 Å². The largest absolute Gasteiger partial charge is 0.304 e. The number of benzene rings is 2. The molecule has 1 aliphatic heterocycles. The van der Waals surface area contributed by atoms with Gasteiger partial charge in [0.25, 0.3) is 5.91 Å². The van der Waals surface area contributed by atoms with Gasteiger partial charge in [0.05, 0.1) is 0 Å². The van der Waals surface area contributed by atoms with Gasteiger partial charge in [0, 0.05) is 27.7 Å². The summed E-state index contributed by atoms with van der Waals surface area (Å²) in [4.78, 5) is 19.4. The van der Waals surface area contributed by atoms with E-state index in [1.807, 2.05) is 52.7 Å². The maximum Gasteiger partial charge on any atom is 0.278 e. The number of hydrogen-bond acceptors (Lipinski definition) is 3. The highest BCUT2D eigenvalue weighted by Crippen LogP contribution is 2.34. The summed E-state index contributed by atoms with van der Waals surface area (Å²) >= 11 is 7.40. The molecule has 0 aliphatic carbocycles. The molecule has 1 aliphatic rings. The molecule has 1 unspecified atom stereocenters. The zero-order valence-electron chi connectivity index (χ0n) is 13.1. The maximum absolute atomic E-state index is 13.0. The molecule has 3 nitrogen and oxygen atoms in total. The Hall–Kier alpha value is -2.17. The zero-order valence-corrected chi connectivity index (χ0v) is 14.6. The molecule has 120 valence electrons. The molecule has 2 aromatic carbocycles. The first kappa shape index (κ1) is 15.4. The normalized spacial score (nSPS) is 16.2. The van der Waals surface area contributed by atoms with Gasteiger partial charge in [0.1, 0.15) is 10.7 Å². The molecule has 24 heavy (non-hydrogen) atoms. The van der Waals surface area contributed by atoms with E-state index >= 15 is 0 Å². The fraction of sp³-hybridized carbons (Fsp3) is 0.158. The van der Waals surface area contributed by atoms with E-state index in [1.165, 1.54) is 16.9 Å². The smallest absolute Gasteiger partial charge is 0.278 e. The summed E-state index contributed by atoms with van der Waals surface area (Å²) in [6.07, 6.45) is 0.885. The molecule has 0 saturated heterocycles. The number of hydrogen-bond donors (Lipinski definition) is 0. The number of thiazole rings is 1. The number of halogens is 1. The molecule has 0 fully saturated rings. The van der Waals surface area contributed by atoms with Crippen molar-refractivity contribution in [2.45, 2.75) is 19.4 Å². The van der Waals surface area contributed by atoms with Gasteiger partial charge < -0.3 is 4.90 Å². The fourth-order valence-electron chi connectivity index (χ4n) is 3.10. The molecule has 1 atom stereocenters. The monoisotopic (exact) mass is 354 g/mol. The molecule has 2 heterocycles. The number of rotatable bonds is 2. The third-order valence-corrected chi connectivity index (χ3v) is 5.38. The highest BCUT2D eigenvalue weighted by molar-refractivity contribution is 7.13. The van der Waals surface area contributed by atoms with Crippen LogP contribution in [0.2, 0.25) is 5.02 Å². The number of anilines is 1. The van der Waals surface area contributed by atoms with E-state index < -0.39 is 0 Å². The standard InChI is InChI=1S/C19H15ClN2OS/c1-12-10-14-4-2-3-5-17(14)22(12)19(23)16-11-24-18(21-16)13-6-8-15(20)9-7-13/h2-9,11-12H,10H2,1H3. The summed E-state index contributed by atoms with van der Waals surface area (Å²) in [5.74, 6) is -0.0380. The van der Waals surface area contributed by atoms with Gasteiger partial charge in [0.15, 0.2) is 0 Å². The SMILES string of the molecule is CC1Cc2ccccc2N1C(=O)c1csc(-c2ccc(Cl)cc2)n1. The van der Waals surface area contributed by atoms with E-state index in [4.69, 9.17) is 11.6 Å². The highest BCUT2D eigenvalue weighted by Gasteiger charge is 2.32. The molecule has 0 radical (unpaired) electrons. The molecule has 0 saturated carbocycles. The van der Waals surface area contributed by atoms with E-state index in [2.05, 4.69) is 18.0 Å². The summed E-state index contributed by atoms with van der Waals surface area (Å²) in [5.41, 5.74) is 3.68. The van der Waals surface area contributed by atoms with Crippen LogP contribution in [-0.4, -0.2) is 16.9 Å². The fourth-order valence-corrected chi connectivity index (χ4v) is 4.02.